The van der Waals surface area contributed by atoms with Crippen molar-refractivity contribution < 1.29 is 22.4 Å². The summed E-state index contributed by atoms with van der Waals surface area (Å²) in [5.74, 6) is -1.38. The minimum absolute atomic E-state index is 0.00173. The summed E-state index contributed by atoms with van der Waals surface area (Å²) >= 11 is 0. The number of hydrogen-bond donors (Lipinski definition) is 1. The van der Waals surface area contributed by atoms with Crippen LogP contribution in [0, 0.1) is 19.7 Å². The van der Waals surface area contributed by atoms with E-state index in [9.17, 15) is 22.4 Å². The number of amides is 2. The number of nitrogens with zero attached hydrogens (tertiary/aromatic N) is 2. The predicted molar refractivity (Wildman–Crippen MR) is 156 cm³/mol. The summed E-state index contributed by atoms with van der Waals surface area (Å²) < 4.78 is 42.4. The molecular weight excluding hydrogens is 529 g/mol. The first-order valence-electron chi connectivity index (χ1n) is 13.5. The lowest BCUT2D eigenvalue weighted by Crippen LogP contribution is -2.53. The van der Waals surface area contributed by atoms with Crippen LogP contribution in [0.2, 0.25) is 0 Å². The van der Waals surface area contributed by atoms with Crippen molar-refractivity contribution in [1.29, 1.82) is 0 Å². The Kier molecular flexibility index (Phi) is 10.5. The molecule has 2 amide bonds. The highest BCUT2D eigenvalue weighted by Crippen LogP contribution is 2.25. The van der Waals surface area contributed by atoms with Gasteiger partial charge in [0, 0.05) is 12.6 Å². The van der Waals surface area contributed by atoms with Crippen LogP contribution in [0.3, 0.4) is 0 Å². The molecule has 7 nitrogen and oxygen atoms in total. The van der Waals surface area contributed by atoms with Crippen molar-refractivity contribution in [3.05, 3.63) is 95.3 Å². The van der Waals surface area contributed by atoms with Crippen molar-refractivity contribution >= 4 is 27.5 Å². The highest BCUT2D eigenvalue weighted by Gasteiger charge is 2.34. The summed E-state index contributed by atoms with van der Waals surface area (Å²) in [5.41, 5.74) is 2.88. The van der Waals surface area contributed by atoms with Gasteiger partial charge >= 0.3 is 0 Å². The van der Waals surface area contributed by atoms with Gasteiger partial charge in [-0.15, -0.1) is 0 Å². The van der Waals surface area contributed by atoms with E-state index in [2.05, 4.69) is 5.32 Å². The molecule has 0 aliphatic carbocycles. The Morgan fingerprint density at radius 2 is 1.40 bits per heavy atom. The molecule has 3 aromatic rings. The third kappa shape index (κ3) is 7.69. The molecule has 3 aromatic carbocycles. The van der Waals surface area contributed by atoms with Gasteiger partial charge < -0.3 is 10.2 Å². The number of carbonyl (C=O) groups is 2. The molecule has 0 unspecified atom stereocenters. The number of anilines is 1. The minimum Gasteiger partial charge on any atom is -0.352 e. The third-order valence-corrected chi connectivity index (χ3v) is 8.65. The van der Waals surface area contributed by atoms with E-state index < -0.39 is 34.3 Å². The van der Waals surface area contributed by atoms with Crippen molar-refractivity contribution in [1.82, 2.24) is 10.2 Å². The average molecular weight is 568 g/mol. The molecule has 0 aliphatic heterocycles. The van der Waals surface area contributed by atoms with Gasteiger partial charge in [-0.3, -0.25) is 13.9 Å². The molecule has 0 spiro atoms. The minimum atomic E-state index is -4.20. The van der Waals surface area contributed by atoms with E-state index >= 15 is 0 Å². The summed E-state index contributed by atoms with van der Waals surface area (Å²) in [5, 5.41) is 2.96. The van der Waals surface area contributed by atoms with E-state index in [1.54, 1.807) is 12.1 Å². The van der Waals surface area contributed by atoms with E-state index in [0.29, 0.717) is 6.42 Å². The second kappa shape index (κ2) is 13.6. The summed E-state index contributed by atoms with van der Waals surface area (Å²) in [6.45, 7) is 9.01. The SMILES string of the molecule is CC[C@H](C(=O)N[C@@H](C)CC)N(Cc1ccc(C)cc1)C(=O)CN(c1ccc(F)cc1)S(=O)(=O)c1ccc(C)cc1. The molecule has 0 heterocycles. The Morgan fingerprint density at radius 1 is 0.850 bits per heavy atom. The lowest BCUT2D eigenvalue weighted by Gasteiger charge is -2.33. The molecule has 40 heavy (non-hydrogen) atoms. The van der Waals surface area contributed by atoms with E-state index in [1.165, 1.54) is 29.2 Å². The number of benzene rings is 3. The van der Waals surface area contributed by atoms with E-state index in [-0.39, 0.29) is 29.1 Å². The molecule has 1 N–H and O–H groups in total. The third-order valence-electron chi connectivity index (χ3n) is 6.86. The van der Waals surface area contributed by atoms with Gasteiger partial charge in [0.1, 0.15) is 18.4 Å². The Labute approximate surface area is 237 Å². The van der Waals surface area contributed by atoms with Crippen molar-refractivity contribution in [3.63, 3.8) is 0 Å². The van der Waals surface area contributed by atoms with Crippen LogP contribution in [-0.2, 0) is 26.2 Å². The number of rotatable bonds is 12. The van der Waals surface area contributed by atoms with E-state index in [4.69, 9.17) is 0 Å². The van der Waals surface area contributed by atoms with Gasteiger partial charge in [-0.1, -0.05) is 61.4 Å². The van der Waals surface area contributed by atoms with Gasteiger partial charge in [-0.25, -0.2) is 12.8 Å². The number of nitrogens with one attached hydrogen (secondary N) is 1. The van der Waals surface area contributed by atoms with E-state index in [1.807, 2.05) is 58.9 Å². The van der Waals surface area contributed by atoms with Crippen LogP contribution in [0.25, 0.3) is 0 Å². The molecule has 0 aromatic heterocycles. The Morgan fingerprint density at radius 3 is 1.93 bits per heavy atom. The fraction of sp³-hybridized carbons (Fsp3) is 0.355. The maximum Gasteiger partial charge on any atom is 0.264 e. The van der Waals surface area contributed by atoms with E-state index in [0.717, 1.165) is 39.5 Å². The second-order valence-electron chi connectivity index (χ2n) is 10.1. The highest BCUT2D eigenvalue weighted by molar-refractivity contribution is 7.92. The van der Waals surface area contributed by atoms with Gasteiger partial charge in [0.05, 0.1) is 10.6 Å². The standard InChI is InChI=1S/C31H38FN3O4S/c1-6-24(5)33-31(37)29(7-2)34(20-25-12-8-22(3)9-13-25)30(36)21-35(27-16-14-26(32)15-17-27)40(38,39)28-18-10-23(4)11-19-28/h8-19,24,29H,6-7,20-21H2,1-5H3,(H,33,37)/t24-,29+/m0/s1. The maximum absolute atomic E-state index is 14.0. The fourth-order valence-corrected chi connectivity index (χ4v) is 5.64. The number of sulfonamides is 1. The average Bonchev–Trinajstić information content (AvgIpc) is 2.93. The Balaban J connectivity index is 2.04. The number of aryl methyl sites for hydroxylation is 2. The first-order chi connectivity index (χ1) is 19.0. The highest BCUT2D eigenvalue weighted by atomic mass is 32.2. The number of carbonyl (C=O) groups excluding carboxylic acids is 2. The number of halogens is 1. The van der Waals surface area contributed by atoms with Gasteiger partial charge in [0.2, 0.25) is 11.8 Å². The molecule has 2 atom stereocenters. The first kappa shape index (κ1) is 30.8. The van der Waals surface area contributed by atoms with Crippen molar-refractivity contribution in [2.75, 3.05) is 10.8 Å². The molecule has 0 saturated heterocycles. The second-order valence-corrected chi connectivity index (χ2v) is 11.9. The zero-order valence-electron chi connectivity index (χ0n) is 23.7. The number of hydrogen-bond acceptors (Lipinski definition) is 4. The van der Waals surface area contributed by atoms with Crippen LogP contribution in [0.1, 0.15) is 50.3 Å². The summed E-state index contributed by atoms with van der Waals surface area (Å²) in [4.78, 5) is 28.8. The van der Waals surface area contributed by atoms with Crippen LogP contribution in [0.5, 0.6) is 0 Å². The lowest BCUT2D eigenvalue weighted by molar-refractivity contribution is -0.140. The van der Waals surface area contributed by atoms with Gasteiger partial charge in [-0.05, 0) is 75.6 Å². The topological polar surface area (TPSA) is 86.8 Å². The Hall–Kier alpha value is -3.72. The molecular formula is C31H38FN3O4S. The normalized spacial score (nSPS) is 12.8. The largest absolute Gasteiger partial charge is 0.352 e. The van der Waals surface area contributed by atoms with Crippen LogP contribution in [-0.4, -0.2) is 43.8 Å². The monoisotopic (exact) mass is 567 g/mol. The van der Waals surface area contributed by atoms with Crippen molar-refractivity contribution in [3.8, 4) is 0 Å². The quantitative estimate of drug-likeness (QED) is 0.319. The van der Waals surface area contributed by atoms with Gasteiger partial charge in [-0.2, -0.15) is 0 Å². The summed E-state index contributed by atoms with van der Waals surface area (Å²) in [7, 11) is -4.20. The Bertz CT molecular complexity index is 1390. The van der Waals surface area contributed by atoms with Crippen LogP contribution >= 0.6 is 0 Å². The smallest absolute Gasteiger partial charge is 0.264 e. The zero-order chi connectivity index (χ0) is 29.4. The molecule has 0 aliphatic rings. The molecule has 0 bridgehead atoms. The molecule has 3 rings (SSSR count). The van der Waals surface area contributed by atoms with Crippen LogP contribution in [0.15, 0.2) is 77.7 Å². The van der Waals surface area contributed by atoms with Gasteiger partial charge in [0.15, 0.2) is 0 Å². The zero-order valence-corrected chi connectivity index (χ0v) is 24.5. The molecule has 0 fully saturated rings. The van der Waals surface area contributed by atoms with Crippen molar-refractivity contribution in [2.24, 2.45) is 0 Å². The summed E-state index contributed by atoms with van der Waals surface area (Å²) in [6, 6.07) is 18.0. The fourth-order valence-electron chi connectivity index (χ4n) is 4.22. The maximum atomic E-state index is 14.0. The molecule has 9 heteroatoms. The van der Waals surface area contributed by atoms with Crippen LogP contribution < -0.4 is 9.62 Å². The lowest BCUT2D eigenvalue weighted by atomic mass is 10.1. The first-order valence-corrected chi connectivity index (χ1v) is 14.9. The predicted octanol–water partition coefficient (Wildman–Crippen LogP) is 5.36. The molecule has 0 saturated carbocycles. The molecule has 214 valence electrons. The van der Waals surface area contributed by atoms with Crippen molar-refractivity contribution in [2.45, 2.75) is 71.0 Å². The summed E-state index contributed by atoms with van der Waals surface area (Å²) in [6.07, 6.45) is 1.06. The van der Waals surface area contributed by atoms with Crippen LogP contribution in [0.4, 0.5) is 10.1 Å². The molecule has 0 radical (unpaired) electrons. The van der Waals surface area contributed by atoms with Gasteiger partial charge in [0.25, 0.3) is 10.0 Å².